The number of hydrogen-bond acceptors (Lipinski definition) is 3. The average molecular weight is 424 g/mol. The van der Waals surface area contributed by atoms with Crippen molar-refractivity contribution >= 4 is 23.2 Å². The molecule has 0 bridgehead atoms. The minimum atomic E-state index is -0.198. The summed E-state index contributed by atoms with van der Waals surface area (Å²) in [6, 6.07) is 16.8. The molecule has 156 valence electrons. The normalized spacial score (nSPS) is 10.6. The van der Waals surface area contributed by atoms with Crippen LogP contribution in [0.4, 0.5) is 5.69 Å². The third kappa shape index (κ3) is 5.55. The Bertz CT molecular complexity index is 1040. The van der Waals surface area contributed by atoms with Gasteiger partial charge in [0.15, 0.2) is 0 Å². The topological polar surface area (TPSA) is 47.6 Å². The van der Waals surface area contributed by atoms with E-state index >= 15 is 0 Å². The molecule has 1 amide bonds. The summed E-state index contributed by atoms with van der Waals surface area (Å²) in [5, 5.41) is 3.58. The predicted molar refractivity (Wildman–Crippen MR) is 122 cm³/mol. The van der Waals surface area contributed by atoms with Gasteiger partial charge < -0.3 is 14.8 Å². The molecule has 30 heavy (non-hydrogen) atoms. The summed E-state index contributed by atoms with van der Waals surface area (Å²) >= 11 is 6.00. The van der Waals surface area contributed by atoms with Crippen molar-refractivity contribution in [2.24, 2.45) is 0 Å². The van der Waals surface area contributed by atoms with Crippen LogP contribution in [-0.4, -0.2) is 12.5 Å². The van der Waals surface area contributed by atoms with Crippen LogP contribution in [0.15, 0.2) is 54.6 Å². The van der Waals surface area contributed by atoms with E-state index in [4.69, 9.17) is 21.1 Å². The van der Waals surface area contributed by atoms with Crippen LogP contribution in [0, 0.1) is 20.8 Å². The number of nitrogens with one attached hydrogen (secondary N) is 1. The lowest BCUT2D eigenvalue weighted by Crippen LogP contribution is -2.14. The summed E-state index contributed by atoms with van der Waals surface area (Å²) in [7, 11) is 0. The number of benzene rings is 3. The first kappa shape index (κ1) is 21.7. The van der Waals surface area contributed by atoms with Gasteiger partial charge in [-0.2, -0.15) is 0 Å². The standard InChI is InChI=1S/C25H26ClNO3/c1-5-29-24-9-6-19(25(28)27-23-8-7-21(26)13-18(23)4)14-20(24)15-30-22-11-16(2)10-17(3)12-22/h6-14H,5,15H2,1-4H3,(H,27,28). The number of amides is 1. The molecular weight excluding hydrogens is 398 g/mol. The van der Waals surface area contributed by atoms with Crippen molar-refractivity contribution in [3.8, 4) is 11.5 Å². The van der Waals surface area contributed by atoms with Crippen molar-refractivity contribution in [1.82, 2.24) is 0 Å². The monoisotopic (exact) mass is 423 g/mol. The number of carbonyl (C=O) groups excluding carboxylic acids is 1. The predicted octanol–water partition coefficient (Wildman–Crippen LogP) is 6.50. The van der Waals surface area contributed by atoms with E-state index in [1.54, 1.807) is 18.2 Å². The smallest absolute Gasteiger partial charge is 0.255 e. The Balaban J connectivity index is 1.81. The summed E-state index contributed by atoms with van der Waals surface area (Å²) in [6.07, 6.45) is 0. The maximum absolute atomic E-state index is 12.8. The van der Waals surface area contributed by atoms with Gasteiger partial charge in [0.25, 0.3) is 5.91 Å². The Morgan fingerprint density at radius 3 is 2.33 bits per heavy atom. The zero-order valence-corrected chi connectivity index (χ0v) is 18.5. The van der Waals surface area contributed by atoms with Gasteiger partial charge in [0.2, 0.25) is 0 Å². The van der Waals surface area contributed by atoms with Crippen molar-refractivity contribution in [3.63, 3.8) is 0 Å². The van der Waals surface area contributed by atoms with Crippen molar-refractivity contribution in [1.29, 1.82) is 0 Å². The first-order chi connectivity index (χ1) is 14.4. The molecule has 3 rings (SSSR count). The highest BCUT2D eigenvalue weighted by atomic mass is 35.5. The van der Waals surface area contributed by atoms with Crippen LogP contribution >= 0.6 is 11.6 Å². The highest BCUT2D eigenvalue weighted by Crippen LogP contribution is 2.25. The number of ether oxygens (including phenoxy) is 2. The molecule has 4 nitrogen and oxygen atoms in total. The van der Waals surface area contributed by atoms with Gasteiger partial charge >= 0.3 is 0 Å². The van der Waals surface area contributed by atoms with Gasteiger partial charge in [-0.15, -0.1) is 0 Å². The molecule has 0 atom stereocenters. The second-order valence-corrected chi connectivity index (χ2v) is 7.72. The van der Waals surface area contributed by atoms with Gasteiger partial charge in [0.05, 0.1) is 6.61 Å². The Kier molecular flexibility index (Phi) is 7.01. The van der Waals surface area contributed by atoms with E-state index in [9.17, 15) is 4.79 Å². The SMILES string of the molecule is CCOc1ccc(C(=O)Nc2ccc(Cl)cc2C)cc1COc1cc(C)cc(C)c1. The highest BCUT2D eigenvalue weighted by molar-refractivity contribution is 6.30. The zero-order chi connectivity index (χ0) is 21.7. The lowest BCUT2D eigenvalue weighted by molar-refractivity contribution is 0.102. The van der Waals surface area contributed by atoms with E-state index in [0.717, 1.165) is 33.7 Å². The Morgan fingerprint density at radius 1 is 0.933 bits per heavy atom. The third-order valence-electron chi connectivity index (χ3n) is 4.65. The van der Waals surface area contributed by atoms with Crippen LogP contribution in [0.2, 0.25) is 5.02 Å². The van der Waals surface area contributed by atoms with Gasteiger partial charge in [-0.3, -0.25) is 4.79 Å². The fourth-order valence-corrected chi connectivity index (χ4v) is 3.50. The van der Waals surface area contributed by atoms with E-state index in [2.05, 4.69) is 11.4 Å². The first-order valence-corrected chi connectivity index (χ1v) is 10.3. The van der Waals surface area contributed by atoms with Crippen LogP contribution in [0.25, 0.3) is 0 Å². The number of carbonyl (C=O) groups is 1. The van der Waals surface area contributed by atoms with E-state index in [-0.39, 0.29) is 5.91 Å². The summed E-state index contributed by atoms with van der Waals surface area (Å²) < 4.78 is 11.7. The molecular formula is C25H26ClNO3. The van der Waals surface area contributed by atoms with Gasteiger partial charge in [-0.05, 0) is 92.9 Å². The molecule has 0 spiro atoms. The van der Waals surface area contributed by atoms with Crippen LogP contribution in [-0.2, 0) is 6.61 Å². The molecule has 0 aliphatic carbocycles. The maximum Gasteiger partial charge on any atom is 0.255 e. The first-order valence-electron chi connectivity index (χ1n) is 9.90. The van der Waals surface area contributed by atoms with Gasteiger partial charge in [-0.1, -0.05) is 17.7 Å². The van der Waals surface area contributed by atoms with E-state index in [0.29, 0.717) is 29.5 Å². The van der Waals surface area contributed by atoms with Gasteiger partial charge in [0.1, 0.15) is 18.1 Å². The minimum absolute atomic E-state index is 0.198. The van der Waals surface area contributed by atoms with E-state index in [1.807, 2.05) is 58.0 Å². The van der Waals surface area contributed by atoms with Crippen molar-refractivity contribution in [2.75, 3.05) is 11.9 Å². The maximum atomic E-state index is 12.8. The summed E-state index contributed by atoms with van der Waals surface area (Å²) in [4.78, 5) is 12.8. The summed E-state index contributed by atoms with van der Waals surface area (Å²) in [5.74, 6) is 1.30. The molecule has 0 aromatic heterocycles. The fraction of sp³-hybridized carbons (Fsp3) is 0.240. The van der Waals surface area contributed by atoms with Crippen LogP contribution in [0.1, 0.15) is 39.5 Å². The summed E-state index contributed by atoms with van der Waals surface area (Å²) in [6.45, 7) is 8.75. The number of aryl methyl sites for hydroxylation is 3. The second kappa shape index (κ2) is 9.68. The molecule has 5 heteroatoms. The van der Waals surface area contributed by atoms with Crippen LogP contribution in [0.5, 0.6) is 11.5 Å². The molecule has 0 heterocycles. The molecule has 0 unspecified atom stereocenters. The molecule has 0 saturated carbocycles. The van der Waals surface area contributed by atoms with E-state index < -0.39 is 0 Å². The third-order valence-corrected chi connectivity index (χ3v) is 4.88. The molecule has 3 aromatic carbocycles. The van der Waals surface area contributed by atoms with Crippen LogP contribution < -0.4 is 14.8 Å². The van der Waals surface area contributed by atoms with Gasteiger partial charge in [-0.25, -0.2) is 0 Å². The number of halogens is 1. The van der Waals surface area contributed by atoms with Crippen LogP contribution in [0.3, 0.4) is 0 Å². The van der Waals surface area contributed by atoms with Gasteiger partial charge in [0, 0.05) is 21.8 Å². The Morgan fingerprint density at radius 2 is 1.67 bits per heavy atom. The molecule has 0 saturated heterocycles. The molecule has 0 aliphatic heterocycles. The fourth-order valence-electron chi connectivity index (χ4n) is 3.27. The minimum Gasteiger partial charge on any atom is -0.493 e. The molecule has 0 radical (unpaired) electrons. The lowest BCUT2D eigenvalue weighted by atomic mass is 10.1. The zero-order valence-electron chi connectivity index (χ0n) is 17.7. The quantitative estimate of drug-likeness (QED) is 0.472. The summed E-state index contributed by atoms with van der Waals surface area (Å²) in [5.41, 5.74) is 5.26. The average Bonchev–Trinajstić information content (AvgIpc) is 2.68. The largest absolute Gasteiger partial charge is 0.493 e. The number of anilines is 1. The lowest BCUT2D eigenvalue weighted by Gasteiger charge is -2.14. The second-order valence-electron chi connectivity index (χ2n) is 7.28. The molecule has 0 aliphatic rings. The number of hydrogen-bond donors (Lipinski definition) is 1. The Hall–Kier alpha value is -2.98. The molecule has 3 aromatic rings. The molecule has 1 N–H and O–H groups in total. The number of rotatable bonds is 7. The highest BCUT2D eigenvalue weighted by Gasteiger charge is 2.13. The van der Waals surface area contributed by atoms with Crippen molar-refractivity contribution in [3.05, 3.63) is 87.4 Å². The molecule has 0 fully saturated rings. The van der Waals surface area contributed by atoms with E-state index in [1.165, 1.54) is 0 Å². The Labute approximate surface area is 182 Å². The van der Waals surface area contributed by atoms with Crippen molar-refractivity contribution < 1.29 is 14.3 Å². The van der Waals surface area contributed by atoms with Crippen molar-refractivity contribution in [2.45, 2.75) is 34.3 Å².